The first kappa shape index (κ1) is 18.5. The lowest BCUT2D eigenvalue weighted by Gasteiger charge is -2.15. The van der Waals surface area contributed by atoms with Gasteiger partial charge in [-0.1, -0.05) is 0 Å². The monoisotopic (exact) mass is 307 g/mol. The Labute approximate surface area is 123 Å². The Morgan fingerprint density at radius 2 is 1.85 bits per heavy atom. The van der Waals surface area contributed by atoms with Crippen LogP contribution in [0.1, 0.15) is 24.9 Å². The maximum atomic E-state index is 13.9. The Hall–Kier alpha value is -1.53. The SMILES string of the molecule is CCOC(=O)C[C@H](N)c1cc(OC)c(OC)cc1F.Cl. The van der Waals surface area contributed by atoms with Crippen LogP contribution in [0.3, 0.4) is 0 Å². The van der Waals surface area contributed by atoms with E-state index in [1.165, 1.54) is 26.4 Å². The molecule has 1 aromatic carbocycles. The van der Waals surface area contributed by atoms with Crippen LogP contribution in [0.15, 0.2) is 12.1 Å². The van der Waals surface area contributed by atoms with E-state index >= 15 is 0 Å². The van der Waals surface area contributed by atoms with Gasteiger partial charge < -0.3 is 19.9 Å². The van der Waals surface area contributed by atoms with Gasteiger partial charge in [0.25, 0.3) is 0 Å². The summed E-state index contributed by atoms with van der Waals surface area (Å²) in [7, 11) is 2.85. The zero-order chi connectivity index (χ0) is 14.4. The van der Waals surface area contributed by atoms with Crippen LogP contribution in [0.4, 0.5) is 4.39 Å². The molecule has 7 heteroatoms. The molecule has 0 aliphatic rings. The molecule has 0 fully saturated rings. The maximum absolute atomic E-state index is 13.9. The first-order chi connectivity index (χ1) is 9.03. The molecule has 0 aromatic heterocycles. The van der Waals surface area contributed by atoms with Crippen molar-refractivity contribution in [1.29, 1.82) is 0 Å². The van der Waals surface area contributed by atoms with Crippen molar-refractivity contribution in [2.24, 2.45) is 5.73 Å². The normalized spacial score (nSPS) is 11.2. The molecule has 0 amide bonds. The van der Waals surface area contributed by atoms with E-state index in [0.29, 0.717) is 5.75 Å². The Morgan fingerprint density at radius 1 is 1.30 bits per heavy atom. The summed E-state index contributed by atoms with van der Waals surface area (Å²) in [6.07, 6.45) is -0.0970. The van der Waals surface area contributed by atoms with Crippen molar-refractivity contribution >= 4 is 18.4 Å². The second-order valence-corrected chi connectivity index (χ2v) is 3.84. The lowest BCUT2D eigenvalue weighted by molar-refractivity contribution is -0.143. The quantitative estimate of drug-likeness (QED) is 0.816. The van der Waals surface area contributed by atoms with Crippen LogP contribution in [-0.2, 0) is 9.53 Å². The van der Waals surface area contributed by atoms with Crippen molar-refractivity contribution in [3.05, 3.63) is 23.5 Å². The van der Waals surface area contributed by atoms with Gasteiger partial charge >= 0.3 is 5.97 Å². The zero-order valence-corrected chi connectivity index (χ0v) is 12.5. The summed E-state index contributed by atoms with van der Waals surface area (Å²) in [5.41, 5.74) is 5.99. The molecule has 1 aromatic rings. The number of benzene rings is 1. The van der Waals surface area contributed by atoms with Gasteiger partial charge in [0.2, 0.25) is 0 Å². The summed E-state index contributed by atoms with van der Waals surface area (Å²) in [5.74, 6) is -0.385. The van der Waals surface area contributed by atoms with Crippen molar-refractivity contribution in [3.63, 3.8) is 0 Å². The number of methoxy groups -OCH3 is 2. The van der Waals surface area contributed by atoms with Crippen molar-refractivity contribution in [2.75, 3.05) is 20.8 Å². The van der Waals surface area contributed by atoms with E-state index in [2.05, 4.69) is 0 Å². The minimum Gasteiger partial charge on any atom is -0.493 e. The van der Waals surface area contributed by atoms with Gasteiger partial charge in [0.1, 0.15) is 5.82 Å². The number of carbonyl (C=O) groups excluding carboxylic acids is 1. The summed E-state index contributed by atoms with van der Waals surface area (Å²) in [4.78, 5) is 11.3. The number of rotatable bonds is 6. The van der Waals surface area contributed by atoms with Gasteiger partial charge in [-0.15, -0.1) is 12.4 Å². The molecule has 0 saturated heterocycles. The molecule has 1 atom stereocenters. The van der Waals surface area contributed by atoms with Gasteiger partial charge in [0.05, 0.1) is 27.2 Å². The topological polar surface area (TPSA) is 70.8 Å². The van der Waals surface area contributed by atoms with Gasteiger partial charge in [-0.05, 0) is 13.0 Å². The van der Waals surface area contributed by atoms with Crippen LogP contribution in [0.2, 0.25) is 0 Å². The fraction of sp³-hybridized carbons (Fsp3) is 0.462. The van der Waals surface area contributed by atoms with Crippen molar-refractivity contribution in [3.8, 4) is 11.5 Å². The Balaban J connectivity index is 0.00000361. The second-order valence-electron chi connectivity index (χ2n) is 3.84. The third kappa shape index (κ3) is 4.54. The highest BCUT2D eigenvalue weighted by Gasteiger charge is 2.19. The lowest BCUT2D eigenvalue weighted by atomic mass is 10.0. The van der Waals surface area contributed by atoms with E-state index in [9.17, 15) is 9.18 Å². The number of hydrogen-bond acceptors (Lipinski definition) is 5. The van der Waals surface area contributed by atoms with Gasteiger partial charge in [-0.3, -0.25) is 4.79 Å². The van der Waals surface area contributed by atoms with E-state index in [-0.39, 0.29) is 36.7 Å². The average Bonchev–Trinajstić information content (AvgIpc) is 2.38. The van der Waals surface area contributed by atoms with Crippen LogP contribution in [-0.4, -0.2) is 26.8 Å². The first-order valence-electron chi connectivity index (χ1n) is 5.86. The number of halogens is 2. The van der Waals surface area contributed by atoms with Crippen molar-refractivity contribution in [1.82, 2.24) is 0 Å². The summed E-state index contributed by atoms with van der Waals surface area (Å²) >= 11 is 0. The summed E-state index contributed by atoms with van der Waals surface area (Å²) in [5, 5.41) is 0. The van der Waals surface area contributed by atoms with E-state index < -0.39 is 17.8 Å². The Morgan fingerprint density at radius 3 is 2.35 bits per heavy atom. The molecule has 0 spiro atoms. The number of hydrogen-bond donors (Lipinski definition) is 1. The Kier molecular flexibility index (Phi) is 7.94. The van der Waals surface area contributed by atoms with Crippen LogP contribution in [0, 0.1) is 5.82 Å². The average molecular weight is 308 g/mol. The second kappa shape index (κ2) is 8.60. The molecule has 0 saturated carbocycles. The number of carbonyl (C=O) groups is 1. The van der Waals surface area contributed by atoms with Gasteiger partial charge in [-0.25, -0.2) is 4.39 Å². The molecule has 0 heterocycles. The predicted octanol–water partition coefficient (Wildman–Crippen LogP) is 2.22. The standard InChI is InChI=1S/C13H18FNO4.ClH/c1-4-19-13(16)7-10(15)8-5-11(17-2)12(18-3)6-9(8)14;/h5-6,10H,4,7,15H2,1-3H3;1H/t10-;/m0./s1. The predicted molar refractivity (Wildman–Crippen MR) is 74.9 cm³/mol. The van der Waals surface area contributed by atoms with E-state index in [4.69, 9.17) is 19.9 Å². The smallest absolute Gasteiger partial charge is 0.307 e. The Bertz CT molecular complexity index is 456. The molecule has 20 heavy (non-hydrogen) atoms. The molecule has 0 unspecified atom stereocenters. The zero-order valence-electron chi connectivity index (χ0n) is 11.6. The molecule has 2 N–H and O–H groups in total. The third-order valence-corrected chi connectivity index (χ3v) is 2.59. The molecular formula is C13H19ClFNO4. The van der Waals surface area contributed by atoms with E-state index in [1.54, 1.807) is 6.92 Å². The van der Waals surface area contributed by atoms with E-state index in [1.807, 2.05) is 0 Å². The molecule has 0 aliphatic carbocycles. The molecule has 0 aliphatic heterocycles. The summed E-state index contributed by atoms with van der Waals surface area (Å²) < 4.78 is 28.7. The van der Waals surface area contributed by atoms with Crippen molar-refractivity contribution in [2.45, 2.75) is 19.4 Å². The summed E-state index contributed by atoms with van der Waals surface area (Å²) in [6.45, 7) is 1.96. The third-order valence-electron chi connectivity index (χ3n) is 2.59. The maximum Gasteiger partial charge on any atom is 0.307 e. The van der Waals surface area contributed by atoms with Crippen molar-refractivity contribution < 1.29 is 23.4 Å². The number of nitrogens with two attached hydrogens (primary N) is 1. The molecule has 114 valence electrons. The van der Waals surface area contributed by atoms with Crippen LogP contribution in [0.5, 0.6) is 11.5 Å². The molecule has 1 rings (SSSR count). The fourth-order valence-electron chi connectivity index (χ4n) is 1.66. The largest absolute Gasteiger partial charge is 0.493 e. The highest BCUT2D eigenvalue weighted by atomic mass is 35.5. The molecule has 0 radical (unpaired) electrons. The number of ether oxygens (including phenoxy) is 3. The minimum absolute atomic E-state index is 0. The minimum atomic E-state index is -0.793. The van der Waals surface area contributed by atoms with Gasteiger partial charge in [0, 0.05) is 17.7 Å². The highest BCUT2D eigenvalue weighted by molar-refractivity contribution is 5.85. The van der Waals surface area contributed by atoms with Crippen LogP contribution in [0.25, 0.3) is 0 Å². The fourth-order valence-corrected chi connectivity index (χ4v) is 1.66. The molecule has 0 bridgehead atoms. The van der Waals surface area contributed by atoms with E-state index in [0.717, 1.165) is 0 Å². The van der Waals surface area contributed by atoms with Gasteiger partial charge in [0.15, 0.2) is 11.5 Å². The number of esters is 1. The van der Waals surface area contributed by atoms with Crippen LogP contribution >= 0.6 is 12.4 Å². The van der Waals surface area contributed by atoms with Crippen LogP contribution < -0.4 is 15.2 Å². The molecular weight excluding hydrogens is 289 g/mol. The summed E-state index contributed by atoms with van der Waals surface area (Å²) in [6, 6.07) is 1.82. The van der Waals surface area contributed by atoms with Gasteiger partial charge in [-0.2, -0.15) is 0 Å². The first-order valence-corrected chi connectivity index (χ1v) is 5.86. The molecule has 5 nitrogen and oxygen atoms in total. The lowest BCUT2D eigenvalue weighted by Crippen LogP contribution is -2.18. The highest BCUT2D eigenvalue weighted by Crippen LogP contribution is 2.32.